The molecule has 0 saturated carbocycles. The molecule has 2 heterocycles. The molecule has 0 unspecified atom stereocenters. The van der Waals surface area contributed by atoms with Gasteiger partial charge in [-0.1, -0.05) is 11.2 Å². The number of aromatic nitrogens is 1. The number of nitrogens with one attached hydrogen (secondary N) is 1. The summed E-state index contributed by atoms with van der Waals surface area (Å²) in [4.78, 5) is 12.0. The number of carbonyl (C=O) groups is 1. The van der Waals surface area contributed by atoms with E-state index in [1.165, 1.54) is 6.08 Å². The maximum atomic E-state index is 12.0. The quantitative estimate of drug-likeness (QED) is 0.662. The molecule has 1 N–H and O–H groups in total. The van der Waals surface area contributed by atoms with E-state index in [-0.39, 0.29) is 19.2 Å². The zero-order valence-electron chi connectivity index (χ0n) is 15.2. The molecule has 2 aromatic carbocycles. The fourth-order valence-electron chi connectivity index (χ4n) is 2.71. The summed E-state index contributed by atoms with van der Waals surface area (Å²) < 4.78 is 21.1. The van der Waals surface area contributed by atoms with Gasteiger partial charge in [-0.3, -0.25) is 4.79 Å². The lowest BCUT2D eigenvalue weighted by atomic mass is 10.1. The molecule has 0 radical (unpaired) electrons. The van der Waals surface area contributed by atoms with Crippen molar-refractivity contribution in [2.75, 3.05) is 13.9 Å². The van der Waals surface area contributed by atoms with Gasteiger partial charge in [0, 0.05) is 17.7 Å². The van der Waals surface area contributed by atoms with Crippen molar-refractivity contribution in [1.29, 1.82) is 0 Å². The predicted octanol–water partition coefficient (Wildman–Crippen LogP) is 3.41. The lowest BCUT2D eigenvalue weighted by Gasteiger charge is -2.00. The highest BCUT2D eigenvalue weighted by Crippen LogP contribution is 2.32. The number of amides is 1. The Bertz CT molecular complexity index is 1010. The molecule has 0 fully saturated rings. The first-order chi connectivity index (χ1) is 13.7. The number of hydrogen-bond acceptors (Lipinski definition) is 6. The molecule has 1 aromatic heterocycles. The van der Waals surface area contributed by atoms with Crippen LogP contribution < -0.4 is 19.5 Å². The maximum absolute atomic E-state index is 12.0. The van der Waals surface area contributed by atoms with Crippen molar-refractivity contribution < 1.29 is 23.5 Å². The minimum atomic E-state index is -0.230. The molecule has 7 heteroatoms. The van der Waals surface area contributed by atoms with E-state index in [1.54, 1.807) is 19.3 Å². The number of nitrogens with zero attached hydrogens (tertiary/aromatic N) is 1. The van der Waals surface area contributed by atoms with Crippen LogP contribution in [-0.2, 0) is 11.3 Å². The Morgan fingerprint density at radius 3 is 2.79 bits per heavy atom. The van der Waals surface area contributed by atoms with Crippen LogP contribution in [0.1, 0.15) is 11.3 Å². The van der Waals surface area contributed by atoms with Crippen LogP contribution in [0.4, 0.5) is 0 Å². The molecule has 0 atom stereocenters. The summed E-state index contributed by atoms with van der Waals surface area (Å²) in [6, 6.07) is 14.8. The molecule has 142 valence electrons. The normalized spacial score (nSPS) is 12.3. The van der Waals surface area contributed by atoms with Crippen LogP contribution in [-0.4, -0.2) is 25.0 Å². The molecular weight excluding hydrogens is 360 g/mol. The van der Waals surface area contributed by atoms with Crippen molar-refractivity contribution in [2.45, 2.75) is 6.54 Å². The van der Waals surface area contributed by atoms with Gasteiger partial charge in [0.2, 0.25) is 12.7 Å². The molecule has 0 aliphatic carbocycles. The van der Waals surface area contributed by atoms with Crippen LogP contribution in [0.2, 0.25) is 0 Å². The molecule has 1 aliphatic heterocycles. The van der Waals surface area contributed by atoms with E-state index in [4.69, 9.17) is 18.7 Å². The third kappa shape index (κ3) is 3.98. The smallest absolute Gasteiger partial charge is 0.244 e. The van der Waals surface area contributed by atoms with Crippen LogP contribution in [0.25, 0.3) is 17.4 Å². The molecular formula is C21H18N2O5. The topological polar surface area (TPSA) is 82.8 Å². The second-order valence-corrected chi connectivity index (χ2v) is 6.07. The van der Waals surface area contributed by atoms with Gasteiger partial charge in [0.1, 0.15) is 11.4 Å². The van der Waals surface area contributed by atoms with Crippen molar-refractivity contribution in [2.24, 2.45) is 0 Å². The van der Waals surface area contributed by atoms with Crippen molar-refractivity contribution in [3.05, 3.63) is 65.9 Å². The fraction of sp³-hybridized carbons (Fsp3) is 0.143. The number of fused-ring (bicyclic) bond motifs is 1. The van der Waals surface area contributed by atoms with Gasteiger partial charge >= 0.3 is 0 Å². The average Bonchev–Trinajstić information content (AvgIpc) is 3.39. The summed E-state index contributed by atoms with van der Waals surface area (Å²) in [5.74, 6) is 2.55. The van der Waals surface area contributed by atoms with Crippen LogP contribution in [0, 0.1) is 0 Å². The molecule has 1 aliphatic rings. The lowest BCUT2D eigenvalue weighted by Crippen LogP contribution is -2.20. The number of rotatable bonds is 6. The standard InChI is InChI=1S/C21H18N2O5/c1-25-17-6-4-15(5-7-17)19-11-16(23-28-19)12-22-21(24)9-3-14-2-8-18-20(10-14)27-13-26-18/h2-11H,12-13H2,1H3,(H,22,24). The van der Waals surface area contributed by atoms with Gasteiger partial charge in [-0.2, -0.15) is 0 Å². The Hall–Kier alpha value is -3.74. The molecule has 4 rings (SSSR count). The number of hydrogen-bond donors (Lipinski definition) is 1. The summed E-state index contributed by atoms with van der Waals surface area (Å²) in [6.07, 6.45) is 3.17. The largest absolute Gasteiger partial charge is 0.497 e. The average molecular weight is 378 g/mol. The van der Waals surface area contributed by atoms with E-state index in [0.29, 0.717) is 23.0 Å². The predicted molar refractivity (Wildman–Crippen MR) is 102 cm³/mol. The summed E-state index contributed by atoms with van der Waals surface area (Å²) in [5, 5.41) is 6.77. The Morgan fingerprint density at radius 2 is 1.96 bits per heavy atom. The number of carbonyl (C=O) groups excluding carboxylic acids is 1. The van der Waals surface area contributed by atoms with Crippen molar-refractivity contribution >= 4 is 12.0 Å². The summed E-state index contributed by atoms with van der Waals surface area (Å²) in [7, 11) is 1.62. The fourth-order valence-corrected chi connectivity index (χ4v) is 2.71. The maximum Gasteiger partial charge on any atom is 0.244 e. The van der Waals surface area contributed by atoms with Crippen LogP contribution in [0.5, 0.6) is 17.2 Å². The van der Waals surface area contributed by atoms with Crippen molar-refractivity contribution in [1.82, 2.24) is 10.5 Å². The highest BCUT2D eigenvalue weighted by atomic mass is 16.7. The number of methoxy groups -OCH3 is 1. The van der Waals surface area contributed by atoms with Gasteiger partial charge in [-0.25, -0.2) is 0 Å². The number of ether oxygens (including phenoxy) is 3. The summed E-state index contributed by atoms with van der Waals surface area (Å²) in [6.45, 7) is 0.489. The summed E-state index contributed by atoms with van der Waals surface area (Å²) >= 11 is 0. The van der Waals surface area contributed by atoms with Gasteiger partial charge in [0.15, 0.2) is 17.3 Å². The molecule has 3 aromatic rings. The SMILES string of the molecule is COc1ccc(-c2cc(CNC(=O)C=Cc3ccc4c(c3)OCO4)no2)cc1. The first-order valence-corrected chi connectivity index (χ1v) is 8.67. The number of benzene rings is 2. The highest BCUT2D eigenvalue weighted by Gasteiger charge is 2.12. The first-order valence-electron chi connectivity index (χ1n) is 8.67. The molecule has 28 heavy (non-hydrogen) atoms. The highest BCUT2D eigenvalue weighted by molar-refractivity contribution is 5.91. The lowest BCUT2D eigenvalue weighted by molar-refractivity contribution is -0.116. The second-order valence-electron chi connectivity index (χ2n) is 6.07. The van der Waals surface area contributed by atoms with E-state index in [2.05, 4.69) is 10.5 Å². The molecule has 0 bridgehead atoms. The Morgan fingerprint density at radius 1 is 1.14 bits per heavy atom. The van der Waals surface area contributed by atoms with Crippen LogP contribution in [0.15, 0.2) is 59.1 Å². The monoisotopic (exact) mass is 378 g/mol. The van der Waals surface area contributed by atoms with E-state index in [0.717, 1.165) is 16.9 Å². The van der Waals surface area contributed by atoms with Gasteiger partial charge < -0.3 is 24.1 Å². The second kappa shape index (κ2) is 7.87. The van der Waals surface area contributed by atoms with Crippen molar-refractivity contribution in [3.8, 4) is 28.6 Å². The first kappa shape index (κ1) is 17.7. The Labute approximate surface area is 161 Å². The van der Waals surface area contributed by atoms with E-state index in [9.17, 15) is 4.79 Å². The Balaban J connectivity index is 1.33. The minimum Gasteiger partial charge on any atom is -0.497 e. The molecule has 0 saturated heterocycles. The van der Waals surface area contributed by atoms with E-state index >= 15 is 0 Å². The van der Waals surface area contributed by atoms with E-state index in [1.807, 2.05) is 42.5 Å². The van der Waals surface area contributed by atoms with Gasteiger partial charge in [-0.05, 0) is 48.0 Å². The third-order valence-electron chi connectivity index (χ3n) is 4.20. The Kier molecular flexibility index (Phi) is 4.97. The zero-order valence-corrected chi connectivity index (χ0v) is 15.2. The minimum absolute atomic E-state index is 0.221. The third-order valence-corrected chi connectivity index (χ3v) is 4.20. The molecule has 7 nitrogen and oxygen atoms in total. The summed E-state index contributed by atoms with van der Waals surface area (Å²) in [5.41, 5.74) is 2.37. The van der Waals surface area contributed by atoms with Crippen molar-refractivity contribution in [3.63, 3.8) is 0 Å². The molecule has 1 amide bonds. The zero-order chi connectivity index (χ0) is 19.3. The van der Waals surface area contributed by atoms with Gasteiger partial charge in [-0.15, -0.1) is 0 Å². The van der Waals surface area contributed by atoms with Crippen LogP contribution >= 0.6 is 0 Å². The van der Waals surface area contributed by atoms with Gasteiger partial charge in [0.05, 0.1) is 13.7 Å². The van der Waals surface area contributed by atoms with Crippen LogP contribution in [0.3, 0.4) is 0 Å². The van der Waals surface area contributed by atoms with Gasteiger partial charge in [0.25, 0.3) is 0 Å². The molecule has 0 spiro atoms. The van der Waals surface area contributed by atoms with E-state index < -0.39 is 0 Å².